The Balaban J connectivity index is 2.11. The third-order valence-corrected chi connectivity index (χ3v) is 2.23. The number of aromatic nitrogens is 3. The van der Waals surface area contributed by atoms with E-state index in [2.05, 4.69) is 10.1 Å². The predicted molar refractivity (Wildman–Crippen MR) is 57.3 cm³/mol. The molecular weight excluding hydrogens is 206 g/mol. The molecule has 84 valence electrons. The third kappa shape index (κ3) is 2.18. The fourth-order valence-electron chi connectivity index (χ4n) is 1.35. The molecule has 0 fully saturated rings. The lowest BCUT2D eigenvalue weighted by Gasteiger charge is -1.95. The van der Waals surface area contributed by atoms with E-state index in [0.717, 1.165) is 6.29 Å². The first-order valence-corrected chi connectivity index (χ1v) is 5.12. The molecule has 0 unspecified atom stereocenters. The van der Waals surface area contributed by atoms with Crippen LogP contribution < -0.4 is 0 Å². The summed E-state index contributed by atoms with van der Waals surface area (Å²) in [6.45, 7) is 4.51. The number of carbonyl (C=O) groups is 1. The van der Waals surface area contributed by atoms with E-state index in [1.165, 1.54) is 0 Å². The van der Waals surface area contributed by atoms with E-state index in [0.29, 0.717) is 23.8 Å². The Labute approximate surface area is 93.1 Å². The Bertz CT molecular complexity index is 485. The Kier molecular flexibility index (Phi) is 2.85. The maximum absolute atomic E-state index is 10.5. The molecule has 0 atom stereocenters. The fraction of sp³-hybridized carbons (Fsp3) is 0.364. The van der Waals surface area contributed by atoms with Crippen molar-refractivity contribution in [2.75, 3.05) is 0 Å². The van der Waals surface area contributed by atoms with Crippen molar-refractivity contribution in [3.63, 3.8) is 0 Å². The second kappa shape index (κ2) is 4.30. The van der Waals surface area contributed by atoms with Gasteiger partial charge < -0.3 is 9.09 Å². The minimum Gasteiger partial charge on any atom is -0.344 e. The van der Waals surface area contributed by atoms with E-state index >= 15 is 0 Å². The highest BCUT2D eigenvalue weighted by Crippen LogP contribution is 2.10. The van der Waals surface area contributed by atoms with Crippen molar-refractivity contribution in [2.45, 2.75) is 26.3 Å². The lowest BCUT2D eigenvalue weighted by Crippen LogP contribution is -1.97. The van der Waals surface area contributed by atoms with Crippen molar-refractivity contribution < 1.29 is 9.32 Å². The first kappa shape index (κ1) is 10.6. The van der Waals surface area contributed by atoms with Crippen LogP contribution in [0, 0.1) is 0 Å². The zero-order valence-corrected chi connectivity index (χ0v) is 9.25. The van der Waals surface area contributed by atoms with Crippen LogP contribution in [0.15, 0.2) is 23.0 Å². The molecule has 2 heterocycles. The first-order valence-electron chi connectivity index (χ1n) is 5.12. The summed E-state index contributed by atoms with van der Waals surface area (Å²) >= 11 is 0. The zero-order chi connectivity index (χ0) is 11.5. The van der Waals surface area contributed by atoms with Crippen molar-refractivity contribution in [2.24, 2.45) is 0 Å². The van der Waals surface area contributed by atoms with E-state index < -0.39 is 0 Å². The lowest BCUT2D eigenvalue weighted by molar-refractivity contribution is 0.112. The molecule has 16 heavy (non-hydrogen) atoms. The highest BCUT2D eigenvalue weighted by Gasteiger charge is 2.09. The number of carbonyl (C=O) groups excluding carboxylic acids is 1. The maximum Gasteiger partial charge on any atom is 0.246 e. The molecule has 5 nitrogen and oxygen atoms in total. The number of rotatable bonds is 4. The highest BCUT2D eigenvalue weighted by atomic mass is 16.5. The molecule has 0 aliphatic rings. The topological polar surface area (TPSA) is 60.9 Å². The molecule has 0 spiro atoms. The van der Waals surface area contributed by atoms with Crippen molar-refractivity contribution >= 4 is 6.29 Å². The van der Waals surface area contributed by atoms with Gasteiger partial charge in [0, 0.05) is 23.9 Å². The summed E-state index contributed by atoms with van der Waals surface area (Å²) < 4.78 is 6.94. The number of hydrogen-bond acceptors (Lipinski definition) is 4. The van der Waals surface area contributed by atoms with Crippen molar-refractivity contribution in [1.29, 1.82) is 0 Å². The summed E-state index contributed by atoms with van der Waals surface area (Å²) in [6.07, 6.45) is 4.36. The van der Waals surface area contributed by atoms with E-state index in [4.69, 9.17) is 4.52 Å². The largest absolute Gasteiger partial charge is 0.344 e. The van der Waals surface area contributed by atoms with Crippen LogP contribution in [-0.4, -0.2) is 21.0 Å². The Morgan fingerprint density at radius 3 is 2.94 bits per heavy atom. The van der Waals surface area contributed by atoms with Gasteiger partial charge in [-0.2, -0.15) is 4.98 Å². The van der Waals surface area contributed by atoms with E-state index in [1.54, 1.807) is 12.3 Å². The number of aldehydes is 1. The SMILES string of the molecule is CC(C)c1noc(Cn2ccc(C=O)c2)n1. The Hall–Kier alpha value is -1.91. The van der Waals surface area contributed by atoms with Gasteiger partial charge in [0.1, 0.15) is 6.54 Å². The minimum absolute atomic E-state index is 0.257. The van der Waals surface area contributed by atoms with E-state index in [9.17, 15) is 4.79 Å². The van der Waals surface area contributed by atoms with Crippen LogP contribution in [0.25, 0.3) is 0 Å². The smallest absolute Gasteiger partial charge is 0.246 e. The van der Waals surface area contributed by atoms with Gasteiger partial charge in [0.15, 0.2) is 12.1 Å². The van der Waals surface area contributed by atoms with Gasteiger partial charge in [-0.05, 0) is 6.07 Å². The van der Waals surface area contributed by atoms with Crippen LogP contribution in [0.2, 0.25) is 0 Å². The van der Waals surface area contributed by atoms with Crippen LogP contribution in [0.1, 0.15) is 41.8 Å². The average molecular weight is 219 g/mol. The van der Waals surface area contributed by atoms with Gasteiger partial charge >= 0.3 is 0 Å². The molecule has 2 aromatic rings. The van der Waals surface area contributed by atoms with Crippen LogP contribution >= 0.6 is 0 Å². The molecule has 2 rings (SSSR count). The molecule has 0 aliphatic heterocycles. The standard InChI is InChI=1S/C11H13N3O2/c1-8(2)11-12-10(16-13-11)6-14-4-3-9(5-14)7-15/h3-5,7-8H,6H2,1-2H3. The number of hydrogen-bond donors (Lipinski definition) is 0. The Morgan fingerprint density at radius 2 is 2.38 bits per heavy atom. The first-order chi connectivity index (χ1) is 7.69. The zero-order valence-electron chi connectivity index (χ0n) is 9.25. The van der Waals surface area contributed by atoms with E-state index in [1.807, 2.05) is 24.6 Å². The van der Waals surface area contributed by atoms with Crippen LogP contribution in [0.5, 0.6) is 0 Å². The second-order valence-electron chi connectivity index (χ2n) is 3.94. The molecule has 0 radical (unpaired) electrons. The van der Waals surface area contributed by atoms with Gasteiger partial charge in [-0.15, -0.1) is 0 Å². The minimum atomic E-state index is 0.257. The van der Waals surface area contributed by atoms with Crippen molar-refractivity contribution in [3.05, 3.63) is 35.7 Å². The molecule has 0 saturated heterocycles. The van der Waals surface area contributed by atoms with Gasteiger partial charge in [-0.1, -0.05) is 19.0 Å². The summed E-state index contributed by atoms with van der Waals surface area (Å²) in [5, 5.41) is 3.87. The van der Waals surface area contributed by atoms with Gasteiger partial charge in [0.05, 0.1) is 0 Å². The lowest BCUT2D eigenvalue weighted by atomic mass is 10.2. The molecule has 0 N–H and O–H groups in total. The Morgan fingerprint density at radius 1 is 1.56 bits per heavy atom. The van der Waals surface area contributed by atoms with Gasteiger partial charge in [0.2, 0.25) is 5.89 Å². The molecule has 0 bridgehead atoms. The molecule has 0 aromatic carbocycles. The summed E-state index contributed by atoms with van der Waals surface area (Å²) in [6, 6.07) is 1.74. The molecule has 0 saturated carbocycles. The quantitative estimate of drug-likeness (QED) is 0.736. The molecule has 0 aliphatic carbocycles. The number of nitrogens with zero attached hydrogens (tertiary/aromatic N) is 3. The van der Waals surface area contributed by atoms with Gasteiger partial charge in [-0.25, -0.2) is 0 Å². The summed E-state index contributed by atoms with van der Waals surface area (Å²) in [5.41, 5.74) is 0.642. The van der Waals surface area contributed by atoms with Crippen molar-refractivity contribution in [1.82, 2.24) is 14.7 Å². The van der Waals surface area contributed by atoms with Crippen molar-refractivity contribution in [3.8, 4) is 0 Å². The normalized spacial score (nSPS) is 10.9. The van der Waals surface area contributed by atoms with Crippen LogP contribution in [0.3, 0.4) is 0 Å². The third-order valence-electron chi connectivity index (χ3n) is 2.23. The van der Waals surface area contributed by atoms with Crippen LogP contribution in [0.4, 0.5) is 0 Å². The molecule has 2 aromatic heterocycles. The summed E-state index contributed by atoms with van der Waals surface area (Å²) in [7, 11) is 0. The highest BCUT2D eigenvalue weighted by molar-refractivity contribution is 5.74. The fourth-order valence-corrected chi connectivity index (χ4v) is 1.35. The van der Waals surface area contributed by atoms with Gasteiger partial charge in [-0.3, -0.25) is 4.79 Å². The summed E-state index contributed by atoms with van der Waals surface area (Å²) in [5.74, 6) is 1.52. The maximum atomic E-state index is 10.5. The molecular formula is C11H13N3O2. The molecule has 0 amide bonds. The monoisotopic (exact) mass is 219 g/mol. The summed E-state index contributed by atoms with van der Waals surface area (Å²) in [4.78, 5) is 14.8. The van der Waals surface area contributed by atoms with Gasteiger partial charge in [0.25, 0.3) is 0 Å². The second-order valence-corrected chi connectivity index (χ2v) is 3.94. The molecule has 5 heteroatoms. The average Bonchev–Trinajstić information content (AvgIpc) is 2.87. The predicted octanol–water partition coefficient (Wildman–Crippen LogP) is 1.86. The van der Waals surface area contributed by atoms with Crippen LogP contribution in [-0.2, 0) is 6.54 Å². The van der Waals surface area contributed by atoms with E-state index in [-0.39, 0.29) is 5.92 Å².